The van der Waals surface area contributed by atoms with Crippen LogP contribution in [0.5, 0.6) is 11.5 Å². The summed E-state index contributed by atoms with van der Waals surface area (Å²) in [6, 6.07) is 13.4. The first kappa shape index (κ1) is 22.3. The molecular formula is C22H19N2O8-. The molecule has 0 radical (unpaired) electrons. The van der Waals surface area contributed by atoms with Gasteiger partial charge in [0.25, 0.3) is 5.91 Å². The molecule has 0 aliphatic rings. The normalized spacial score (nSPS) is 10.4. The van der Waals surface area contributed by atoms with E-state index in [0.29, 0.717) is 16.7 Å². The Kier molecular flexibility index (Phi) is 7.06. The molecule has 0 saturated heterocycles. The summed E-state index contributed by atoms with van der Waals surface area (Å²) >= 11 is 0. The Balaban J connectivity index is 1.67. The largest absolute Gasteiger partial charge is 0.548 e. The molecule has 10 heteroatoms. The number of hydrogen-bond acceptors (Lipinski definition) is 8. The monoisotopic (exact) mass is 439 g/mol. The molecule has 0 aliphatic carbocycles. The maximum absolute atomic E-state index is 12.0. The van der Waals surface area contributed by atoms with Crippen molar-refractivity contribution in [3.05, 3.63) is 59.0 Å². The number of ether oxygens (including phenoxy) is 2. The maximum atomic E-state index is 12.0. The van der Waals surface area contributed by atoms with Gasteiger partial charge in [0.15, 0.2) is 6.61 Å². The molecule has 1 aromatic heterocycles. The fraction of sp³-hybridized carbons (Fsp3) is 0.182. The second kappa shape index (κ2) is 10.1. The number of carboxylic acids is 1. The van der Waals surface area contributed by atoms with Crippen LogP contribution in [0.3, 0.4) is 0 Å². The van der Waals surface area contributed by atoms with Crippen molar-refractivity contribution in [2.75, 3.05) is 26.8 Å². The molecular weight excluding hydrogens is 420 g/mol. The van der Waals surface area contributed by atoms with Gasteiger partial charge in [-0.2, -0.15) is 0 Å². The number of hydrogen-bond donors (Lipinski definition) is 2. The zero-order chi connectivity index (χ0) is 23.1. The number of methoxy groups -OCH3 is 1. The molecule has 0 bridgehead atoms. The van der Waals surface area contributed by atoms with Gasteiger partial charge in [0, 0.05) is 17.5 Å². The summed E-state index contributed by atoms with van der Waals surface area (Å²) < 4.78 is 15.8. The van der Waals surface area contributed by atoms with Gasteiger partial charge in [0.05, 0.1) is 26.2 Å². The topological polar surface area (TPSA) is 147 Å². The van der Waals surface area contributed by atoms with Gasteiger partial charge in [-0.1, -0.05) is 12.1 Å². The van der Waals surface area contributed by atoms with Crippen LogP contribution in [-0.4, -0.2) is 44.6 Å². The molecule has 2 aromatic carbocycles. The third-order valence-electron chi connectivity index (χ3n) is 4.36. The van der Waals surface area contributed by atoms with Crippen molar-refractivity contribution < 1.29 is 33.4 Å². The van der Waals surface area contributed by atoms with Crippen molar-refractivity contribution in [1.82, 2.24) is 10.6 Å². The zero-order valence-corrected chi connectivity index (χ0v) is 17.0. The molecule has 32 heavy (non-hydrogen) atoms. The second-order valence-corrected chi connectivity index (χ2v) is 6.58. The SMILES string of the molecule is COc1ccc(-c2cc(=O)oc3cc(OCC(=O)NCC(=O)NCC(=O)[O-])ccc23)cc1. The van der Waals surface area contributed by atoms with Gasteiger partial charge in [0.1, 0.15) is 17.1 Å². The van der Waals surface area contributed by atoms with Gasteiger partial charge < -0.3 is 34.4 Å². The van der Waals surface area contributed by atoms with E-state index in [1.165, 1.54) is 12.1 Å². The number of benzene rings is 2. The number of fused-ring (bicyclic) bond motifs is 1. The summed E-state index contributed by atoms with van der Waals surface area (Å²) in [5.74, 6) is -1.75. The minimum Gasteiger partial charge on any atom is -0.548 e. The molecule has 0 atom stereocenters. The smallest absolute Gasteiger partial charge is 0.336 e. The van der Waals surface area contributed by atoms with Crippen molar-refractivity contribution in [1.29, 1.82) is 0 Å². The Morgan fingerprint density at radius 2 is 1.62 bits per heavy atom. The van der Waals surface area contributed by atoms with Crippen LogP contribution in [-0.2, 0) is 14.4 Å². The first-order valence-electron chi connectivity index (χ1n) is 9.44. The van der Waals surface area contributed by atoms with Gasteiger partial charge in [-0.15, -0.1) is 0 Å². The molecule has 10 nitrogen and oxygen atoms in total. The first-order valence-corrected chi connectivity index (χ1v) is 9.44. The third kappa shape index (κ3) is 5.85. The van der Waals surface area contributed by atoms with Gasteiger partial charge in [0.2, 0.25) is 5.91 Å². The van der Waals surface area contributed by atoms with Crippen LogP contribution in [0, 0.1) is 0 Å². The summed E-state index contributed by atoms with van der Waals surface area (Å²) in [5.41, 5.74) is 1.21. The summed E-state index contributed by atoms with van der Waals surface area (Å²) in [6.45, 7) is -1.46. The first-order chi connectivity index (χ1) is 15.4. The van der Waals surface area contributed by atoms with Gasteiger partial charge in [-0.05, 0) is 35.4 Å². The highest BCUT2D eigenvalue weighted by Crippen LogP contribution is 2.30. The number of carbonyl (C=O) groups excluding carboxylic acids is 3. The lowest BCUT2D eigenvalue weighted by Gasteiger charge is -2.10. The van der Waals surface area contributed by atoms with Crippen molar-refractivity contribution in [3.8, 4) is 22.6 Å². The van der Waals surface area contributed by atoms with Crippen LogP contribution in [0.1, 0.15) is 0 Å². The van der Waals surface area contributed by atoms with Crippen LogP contribution < -0.4 is 30.8 Å². The molecule has 0 unspecified atom stereocenters. The number of amides is 2. The van der Waals surface area contributed by atoms with Crippen LogP contribution in [0.15, 0.2) is 57.7 Å². The summed E-state index contributed by atoms with van der Waals surface area (Å²) in [5, 5.41) is 15.3. The van der Waals surface area contributed by atoms with E-state index in [1.54, 1.807) is 31.4 Å². The minimum atomic E-state index is -1.44. The fourth-order valence-corrected chi connectivity index (χ4v) is 2.85. The quantitative estimate of drug-likeness (QED) is 0.437. The molecule has 1 heterocycles. The van der Waals surface area contributed by atoms with E-state index in [9.17, 15) is 24.3 Å². The van der Waals surface area contributed by atoms with E-state index in [2.05, 4.69) is 10.6 Å². The molecule has 0 fully saturated rings. The van der Waals surface area contributed by atoms with Gasteiger partial charge in [-0.3, -0.25) is 9.59 Å². The molecule has 0 saturated carbocycles. The Labute approximate surface area is 181 Å². The van der Waals surface area contributed by atoms with Crippen molar-refractivity contribution in [2.45, 2.75) is 0 Å². The predicted octanol–water partition coefficient (Wildman–Crippen LogP) is -0.170. The minimum absolute atomic E-state index is 0.280. The standard InChI is InChI=1S/C22H20N2O8/c1-30-14-4-2-13(3-5-14)17-9-22(29)32-18-8-15(6-7-16(17)18)31-12-20(26)23-10-19(25)24-11-21(27)28/h2-9H,10-12H2,1H3,(H,23,26)(H,24,25)(H,27,28)/p-1. The molecule has 166 valence electrons. The summed E-state index contributed by atoms with van der Waals surface area (Å²) in [7, 11) is 1.56. The number of aliphatic carboxylic acids is 1. The van der Waals surface area contributed by atoms with Crippen LogP contribution >= 0.6 is 0 Å². The Morgan fingerprint density at radius 1 is 0.938 bits per heavy atom. The van der Waals surface area contributed by atoms with Crippen molar-refractivity contribution in [3.63, 3.8) is 0 Å². The van der Waals surface area contributed by atoms with E-state index in [-0.39, 0.29) is 11.3 Å². The number of carboxylic acid groups (broad SMARTS) is 1. The Hall–Kier alpha value is -4.34. The molecule has 0 spiro atoms. The van der Waals surface area contributed by atoms with E-state index in [4.69, 9.17) is 13.9 Å². The highest BCUT2D eigenvalue weighted by Gasteiger charge is 2.11. The summed E-state index contributed by atoms with van der Waals surface area (Å²) in [6.07, 6.45) is 0. The van der Waals surface area contributed by atoms with E-state index >= 15 is 0 Å². The second-order valence-electron chi connectivity index (χ2n) is 6.58. The predicted molar refractivity (Wildman–Crippen MR) is 111 cm³/mol. The fourth-order valence-electron chi connectivity index (χ4n) is 2.85. The molecule has 0 aliphatic heterocycles. The summed E-state index contributed by atoms with van der Waals surface area (Å²) in [4.78, 5) is 45.5. The maximum Gasteiger partial charge on any atom is 0.336 e. The average Bonchev–Trinajstić information content (AvgIpc) is 2.79. The van der Waals surface area contributed by atoms with E-state index in [0.717, 1.165) is 5.56 Å². The van der Waals surface area contributed by atoms with Crippen molar-refractivity contribution >= 4 is 28.8 Å². The lowest BCUT2D eigenvalue weighted by molar-refractivity contribution is -0.304. The molecule has 2 N–H and O–H groups in total. The van der Waals surface area contributed by atoms with E-state index in [1.807, 2.05) is 12.1 Å². The van der Waals surface area contributed by atoms with Crippen LogP contribution in [0.4, 0.5) is 0 Å². The molecule has 2 amide bonds. The van der Waals surface area contributed by atoms with Gasteiger partial charge in [-0.25, -0.2) is 4.79 Å². The number of nitrogens with one attached hydrogen (secondary N) is 2. The molecule has 3 rings (SSSR count). The van der Waals surface area contributed by atoms with Crippen molar-refractivity contribution in [2.24, 2.45) is 0 Å². The zero-order valence-electron chi connectivity index (χ0n) is 17.0. The average molecular weight is 439 g/mol. The lowest BCUT2D eigenvalue weighted by Crippen LogP contribution is -2.43. The molecule has 3 aromatic rings. The number of carbonyl (C=O) groups is 3. The van der Waals surface area contributed by atoms with Crippen LogP contribution in [0.25, 0.3) is 22.1 Å². The Morgan fingerprint density at radius 3 is 2.31 bits per heavy atom. The third-order valence-corrected chi connectivity index (χ3v) is 4.36. The highest BCUT2D eigenvalue weighted by atomic mass is 16.5. The van der Waals surface area contributed by atoms with E-state index < -0.39 is 43.1 Å². The number of rotatable bonds is 9. The highest BCUT2D eigenvalue weighted by molar-refractivity contribution is 5.94. The lowest BCUT2D eigenvalue weighted by atomic mass is 10.0. The van der Waals surface area contributed by atoms with Gasteiger partial charge >= 0.3 is 5.63 Å². The van der Waals surface area contributed by atoms with Crippen LogP contribution in [0.2, 0.25) is 0 Å². The Bertz CT molecular complexity index is 1200.